The molecule has 0 radical (unpaired) electrons. The molecule has 5 N–H and O–H groups in total. The molecule has 2 aromatic rings. The molecule has 0 bridgehead atoms. The number of anilines is 1. The molecule has 18 heteroatoms. The molecule has 0 amide bonds. The first kappa shape index (κ1) is 57.9. The third-order valence-electron chi connectivity index (χ3n) is 16.3. The van der Waals surface area contributed by atoms with Crippen molar-refractivity contribution in [1.29, 1.82) is 0 Å². The van der Waals surface area contributed by atoms with E-state index < -0.39 is 96.0 Å². The van der Waals surface area contributed by atoms with E-state index >= 15 is 0 Å². The Labute approximate surface area is 427 Å². The summed E-state index contributed by atoms with van der Waals surface area (Å²) in [7, 11) is 5.37. The lowest BCUT2D eigenvalue weighted by atomic mass is 9.77. The zero-order valence-corrected chi connectivity index (χ0v) is 45.7. The minimum atomic E-state index is -1.82. The molecular weight excluding hydrogens is 931 g/mol. The van der Waals surface area contributed by atoms with Crippen LogP contribution in [0.3, 0.4) is 0 Å². The third-order valence-corrected chi connectivity index (χ3v) is 17.2. The van der Waals surface area contributed by atoms with Crippen LogP contribution in [0.4, 0.5) is 5.13 Å². The van der Waals surface area contributed by atoms with Crippen molar-refractivity contribution in [2.75, 3.05) is 65.4 Å². The first-order valence-electron chi connectivity index (χ1n) is 26.1. The van der Waals surface area contributed by atoms with Crippen molar-refractivity contribution in [3.05, 3.63) is 47.0 Å². The Morgan fingerprint density at radius 3 is 2.25 bits per heavy atom. The number of carbonyl (C=O) groups is 1. The predicted octanol–water partition coefficient (Wildman–Crippen LogP) is 4.29. The average molecular weight is 1020 g/mol. The summed E-state index contributed by atoms with van der Waals surface area (Å²) >= 11 is 1.67. The Morgan fingerprint density at radius 2 is 1.61 bits per heavy atom. The maximum atomic E-state index is 14.5. The number of ether oxygens (including phenoxy) is 6. The molecule has 17 nitrogen and oxygen atoms in total. The topological polar surface area (TPSA) is 199 Å². The van der Waals surface area contributed by atoms with Crippen LogP contribution in [0, 0.1) is 17.8 Å². The number of thiazole rings is 1. The van der Waals surface area contributed by atoms with E-state index in [0.717, 1.165) is 43.5 Å². The van der Waals surface area contributed by atoms with Crippen molar-refractivity contribution >= 4 is 22.4 Å². The standard InChI is InChI=1S/C53H89N5O12S/c1-14-41-53(10,64)45(60)36(6)56(12)29-32(2)27-51(8,63)47(34(4)44(35(5)48(62)68-41)69-42-28-52(9,65-13)46(61)37(7)67-42)70-49-43(59)40(26-33(3)66-49)55(11)21-20-39-31-71-50(54-39)58-24-22-57(23-25-58)30-38-18-16-15-17-19-38/h15-19,31-37,40-47,49,59-61,63-64H,14,20-30H2,1-13H3/t32-,33-,34+,35-,36-,37+,40+,41-,42+,43-,44+,45-,46+,47-,49+,51-,52-,53-/m1/s1. The van der Waals surface area contributed by atoms with Crippen LogP contribution in [0.25, 0.3) is 0 Å². The number of aromatic nitrogens is 1. The predicted molar refractivity (Wildman–Crippen MR) is 273 cm³/mol. The summed E-state index contributed by atoms with van der Waals surface area (Å²) < 4.78 is 38.5. The minimum absolute atomic E-state index is 0.117. The summed E-state index contributed by atoms with van der Waals surface area (Å²) in [6.07, 6.45) is -8.02. The quantitative estimate of drug-likeness (QED) is 0.178. The van der Waals surface area contributed by atoms with Crippen molar-refractivity contribution < 1.29 is 58.7 Å². The number of hydrogen-bond acceptors (Lipinski definition) is 18. The normalized spacial score (nSPS) is 41.1. The smallest absolute Gasteiger partial charge is 0.311 e. The summed E-state index contributed by atoms with van der Waals surface area (Å²) in [5.41, 5.74) is -2.15. The largest absolute Gasteiger partial charge is 0.459 e. The lowest BCUT2D eigenvalue weighted by Gasteiger charge is -2.49. The van der Waals surface area contributed by atoms with Gasteiger partial charge in [-0.2, -0.15) is 0 Å². The number of piperazine rings is 1. The van der Waals surface area contributed by atoms with Gasteiger partial charge in [-0.25, -0.2) is 4.98 Å². The van der Waals surface area contributed by atoms with Gasteiger partial charge in [-0.1, -0.05) is 51.1 Å². The number of carbonyl (C=O) groups excluding carboxylic acids is 1. The molecule has 4 aliphatic heterocycles. The maximum Gasteiger partial charge on any atom is 0.311 e. The number of nitrogens with zero attached hydrogens (tertiary/aromatic N) is 5. The second-order valence-corrected chi connectivity index (χ2v) is 23.1. The second kappa shape index (κ2) is 24.5. The monoisotopic (exact) mass is 1020 g/mol. The van der Waals surface area contributed by atoms with Crippen LogP contribution in [-0.4, -0.2) is 202 Å². The van der Waals surface area contributed by atoms with E-state index in [1.807, 2.05) is 46.7 Å². The molecule has 5 heterocycles. The van der Waals surface area contributed by atoms with Gasteiger partial charge in [0, 0.05) is 89.1 Å². The molecule has 4 fully saturated rings. The van der Waals surface area contributed by atoms with E-state index in [1.165, 1.54) is 19.6 Å². The molecular formula is C53H89N5O12S. The molecule has 4 aliphatic rings. The van der Waals surface area contributed by atoms with Crippen molar-refractivity contribution in [3.8, 4) is 0 Å². The van der Waals surface area contributed by atoms with E-state index in [-0.39, 0.29) is 37.3 Å². The number of aliphatic hydroxyl groups is 5. The number of rotatable bonds is 13. The van der Waals surface area contributed by atoms with Crippen molar-refractivity contribution in [2.24, 2.45) is 17.8 Å². The Balaban J connectivity index is 1.23. The molecule has 0 unspecified atom stereocenters. The van der Waals surface area contributed by atoms with Crippen LogP contribution in [0.15, 0.2) is 35.7 Å². The Hall–Kier alpha value is -2.40. The highest BCUT2D eigenvalue weighted by Crippen LogP contribution is 2.40. The zero-order valence-electron chi connectivity index (χ0n) is 44.8. The number of esters is 1. The number of hydrogen-bond donors (Lipinski definition) is 5. The SMILES string of the molecule is CC[C@H]1OC(=O)[C@H](C)[C@@H](O[C@H]2C[C@@](C)(OC)[C@@H](O)[C@H](C)O2)[C@H](C)[C@@H](O[C@@H]2O[C@H](C)C[C@H](N(C)CCc3csc(N4CCN(Cc5ccccc5)CC4)n3)[C@H]2O)[C@](C)(O)C[C@@H](C)CN(C)[C@H](C)[C@@H](O)[C@]1(C)O. The van der Waals surface area contributed by atoms with Gasteiger partial charge in [-0.15, -0.1) is 11.3 Å². The Bertz CT molecular complexity index is 1960. The van der Waals surface area contributed by atoms with Crippen LogP contribution in [-0.2, 0) is 46.2 Å². The molecule has 4 saturated heterocycles. The van der Waals surface area contributed by atoms with Crippen LogP contribution in [0.1, 0.15) is 106 Å². The number of cyclic esters (lactones) is 1. The summed E-state index contributed by atoms with van der Waals surface area (Å²) in [5.74, 6) is -2.70. The summed E-state index contributed by atoms with van der Waals surface area (Å²) in [5, 5.41) is 63.0. The first-order chi connectivity index (χ1) is 33.4. The fourth-order valence-electron chi connectivity index (χ4n) is 11.6. The van der Waals surface area contributed by atoms with Gasteiger partial charge in [0.05, 0.1) is 47.2 Å². The van der Waals surface area contributed by atoms with Crippen molar-refractivity contribution in [1.82, 2.24) is 19.7 Å². The highest BCUT2D eigenvalue weighted by Gasteiger charge is 2.53. The first-order valence-corrected chi connectivity index (χ1v) is 27.0. The molecule has 0 saturated carbocycles. The van der Waals surface area contributed by atoms with Gasteiger partial charge in [-0.3, -0.25) is 9.69 Å². The zero-order chi connectivity index (χ0) is 52.2. The second-order valence-electron chi connectivity index (χ2n) is 22.3. The van der Waals surface area contributed by atoms with Crippen LogP contribution < -0.4 is 4.90 Å². The molecule has 18 atom stereocenters. The van der Waals surface area contributed by atoms with E-state index in [2.05, 4.69) is 50.4 Å². The lowest BCUT2D eigenvalue weighted by molar-refractivity contribution is -0.318. The molecule has 1 aromatic carbocycles. The molecule has 6 rings (SSSR count). The van der Waals surface area contributed by atoms with E-state index in [0.29, 0.717) is 25.9 Å². The van der Waals surface area contributed by atoms with Crippen molar-refractivity contribution in [2.45, 2.75) is 198 Å². The van der Waals surface area contributed by atoms with Gasteiger partial charge in [0.15, 0.2) is 17.7 Å². The van der Waals surface area contributed by atoms with Crippen molar-refractivity contribution in [3.63, 3.8) is 0 Å². The van der Waals surface area contributed by atoms with E-state index in [4.69, 9.17) is 33.4 Å². The minimum Gasteiger partial charge on any atom is -0.459 e. The summed E-state index contributed by atoms with van der Waals surface area (Å²) in [6, 6.07) is 9.66. The summed E-state index contributed by atoms with van der Waals surface area (Å²) in [6.45, 7) is 23.5. The molecule has 0 aliphatic carbocycles. The van der Waals surface area contributed by atoms with Gasteiger partial charge >= 0.3 is 5.97 Å². The fraction of sp³-hybridized carbons (Fsp3) is 0.811. The molecule has 0 spiro atoms. The average Bonchev–Trinajstić information content (AvgIpc) is 3.81. The van der Waals surface area contributed by atoms with E-state index in [9.17, 15) is 30.3 Å². The number of methoxy groups -OCH3 is 1. The van der Waals surface area contributed by atoms with Crippen LogP contribution in [0.2, 0.25) is 0 Å². The molecule has 1 aromatic heterocycles. The number of likely N-dealkylation sites (N-methyl/N-ethyl adjacent to an activating group) is 2. The fourth-order valence-corrected chi connectivity index (χ4v) is 12.5. The van der Waals surface area contributed by atoms with Gasteiger partial charge in [0.1, 0.15) is 30.0 Å². The van der Waals surface area contributed by atoms with Gasteiger partial charge in [0.25, 0.3) is 0 Å². The Morgan fingerprint density at radius 1 is 0.930 bits per heavy atom. The van der Waals surface area contributed by atoms with Gasteiger partial charge in [0.2, 0.25) is 0 Å². The van der Waals surface area contributed by atoms with E-state index in [1.54, 1.807) is 46.0 Å². The van der Waals surface area contributed by atoms with Gasteiger partial charge in [-0.05, 0) is 93.3 Å². The highest BCUT2D eigenvalue weighted by atomic mass is 32.1. The molecule has 71 heavy (non-hydrogen) atoms. The highest BCUT2D eigenvalue weighted by molar-refractivity contribution is 7.13. The van der Waals surface area contributed by atoms with Crippen LogP contribution >= 0.6 is 11.3 Å². The maximum absolute atomic E-state index is 14.5. The summed E-state index contributed by atoms with van der Waals surface area (Å²) in [4.78, 5) is 28.5. The van der Waals surface area contributed by atoms with Gasteiger partial charge < -0.3 is 68.7 Å². The van der Waals surface area contributed by atoms with Crippen LogP contribution in [0.5, 0.6) is 0 Å². The number of aliphatic hydroxyl groups excluding tert-OH is 3. The molecule has 404 valence electrons. The third kappa shape index (κ3) is 13.9. The lowest BCUT2D eigenvalue weighted by Crippen LogP contribution is -2.61. The Kier molecular flexibility index (Phi) is 20.0. The number of benzene rings is 1.